The number of hydrogen-bond donors (Lipinski definition) is 6. The number of nitrogens with zero attached hydrogens (tertiary/aromatic N) is 2. The van der Waals surface area contributed by atoms with Gasteiger partial charge in [0.25, 0.3) is 0 Å². The van der Waals surface area contributed by atoms with Gasteiger partial charge in [0.2, 0.25) is 18.8 Å². The van der Waals surface area contributed by atoms with Gasteiger partial charge in [-0.05, 0) is 60.4 Å². The smallest absolute Gasteiger partial charge is 0.349 e. The number of aldehydes is 1. The number of carboxylic acids is 2. The van der Waals surface area contributed by atoms with E-state index in [1.165, 1.54) is 29.8 Å². The number of esters is 2. The van der Waals surface area contributed by atoms with Crippen molar-refractivity contribution in [3.63, 3.8) is 0 Å². The van der Waals surface area contributed by atoms with Crippen LogP contribution in [0.2, 0.25) is 0 Å². The van der Waals surface area contributed by atoms with E-state index in [0.717, 1.165) is 61.5 Å². The van der Waals surface area contributed by atoms with Gasteiger partial charge in [-0.15, -0.1) is 5.34 Å². The normalized spacial score (nSPS) is 11.5. The maximum absolute atomic E-state index is 12.2. The number of quaternary nitrogens is 1. The van der Waals surface area contributed by atoms with Crippen LogP contribution in [0.25, 0.3) is 0 Å². The van der Waals surface area contributed by atoms with E-state index in [4.69, 9.17) is 25.3 Å². The Morgan fingerprint density at radius 2 is 0.837 bits per heavy atom. The number of carbonyl (C=O) groups excluding carboxylic acids is 3. The molecule has 0 amide bonds. The fraction of sp³-hybridized carbons (Fsp3) is 0.157. The van der Waals surface area contributed by atoms with Gasteiger partial charge >= 0.3 is 23.9 Å². The molecule has 19 nitrogen and oxygen atoms in total. The first-order valence-electron chi connectivity index (χ1n) is 27.2. The first-order chi connectivity index (χ1) is 42.8. The Bertz CT molecular complexity index is 3220. The van der Waals surface area contributed by atoms with Crippen molar-refractivity contribution in [1.29, 1.82) is 0 Å². The Kier molecular flexibility index (Phi) is 42.8. The Labute approximate surface area is 564 Å². The Hall–Kier alpha value is -9.32. The summed E-state index contributed by atoms with van der Waals surface area (Å²) in [5, 5.41) is 58.9. The molecular formula is C70H73AgBrClN4O15-. The van der Waals surface area contributed by atoms with Gasteiger partial charge in [0.1, 0.15) is 18.4 Å². The largest absolute Gasteiger partial charge is 1.00 e. The summed E-state index contributed by atoms with van der Waals surface area (Å²) in [5.74, 6) is -5.62. The molecule has 0 aliphatic heterocycles. The van der Waals surface area contributed by atoms with Gasteiger partial charge in [-0.1, -0.05) is 271 Å². The van der Waals surface area contributed by atoms with Gasteiger partial charge < -0.3 is 63.9 Å². The molecule has 0 unspecified atom stereocenters. The third kappa shape index (κ3) is 31.9. The van der Waals surface area contributed by atoms with Crippen molar-refractivity contribution in [2.75, 3.05) is 0 Å². The van der Waals surface area contributed by atoms with Gasteiger partial charge in [-0.2, -0.15) is 0 Å². The van der Waals surface area contributed by atoms with Crippen LogP contribution in [0.1, 0.15) is 107 Å². The third-order valence-electron chi connectivity index (χ3n) is 12.3. The number of hydrogen-bond acceptors (Lipinski definition) is 15. The van der Waals surface area contributed by atoms with Crippen LogP contribution in [0.5, 0.6) is 0 Å². The average molecular weight is 1430 g/mol. The predicted octanol–water partition coefficient (Wildman–Crippen LogP) is 9.78. The molecule has 1 radical (unpaired) electrons. The van der Waals surface area contributed by atoms with Crippen molar-refractivity contribution >= 4 is 46.1 Å². The molecule has 0 saturated heterocycles. The summed E-state index contributed by atoms with van der Waals surface area (Å²) in [7, 11) is 0. The maximum atomic E-state index is 12.2. The SMILES string of the molecule is BrCc1ccccc1.C.Cc1ccc(C(=O)O[C@H](C(=O)O)[C@H](OC(=O)c2ccc(C)cc2)C(=O)O)cc1.N[C@H](c1ccccc1)[C@H](O)c1ccccc1.O=Cc1ccccc1.O=N[O-].O=[N+]([O-])Cc1ccccc1.[Ag].[Cl-].[NH3+][C@H](c1ccccc1)[C@H](O)c1ccccc1. The van der Waals surface area contributed by atoms with E-state index in [0.29, 0.717) is 0 Å². The van der Waals surface area contributed by atoms with Crippen LogP contribution < -0.4 is 23.9 Å². The number of halogens is 2. The fourth-order valence-corrected chi connectivity index (χ4v) is 7.91. The van der Waals surface area contributed by atoms with Crippen molar-refractivity contribution in [3.05, 3.63) is 342 Å². The number of aliphatic hydroxyl groups is 2. The van der Waals surface area contributed by atoms with Crippen LogP contribution in [0.15, 0.2) is 266 Å². The number of nitrogens with two attached hydrogens (primary N) is 1. The maximum Gasteiger partial charge on any atom is 0.349 e. The molecule has 0 saturated carbocycles. The number of aliphatic carboxylic acids is 2. The van der Waals surface area contributed by atoms with Crippen molar-refractivity contribution in [2.24, 2.45) is 11.1 Å². The summed E-state index contributed by atoms with van der Waals surface area (Å²) < 4.78 is 9.64. The van der Waals surface area contributed by atoms with Crippen molar-refractivity contribution in [2.45, 2.75) is 69.6 Å². The second kappa shape index (κ2) is 47.6. The summed E-state index contributed by atoms with van der Waals surface area (Å²) >= 11 is 3.36. The Morgan fingerprint density at radius 3 is 1.13 bits per heavy atom. The standard InChI is InChI=1S/C20H18O8.2C14H15NO.C7H7Br.C7H7NO2.C7H6O.CH4.Ag.ClH.HNO2/c1-11-3-7-13(8-4-11)19(25)27-15(17(21)22)16(18(23)24)28-20(26)14-9-5-12(2)6-10-14;2*15-13(11-7-3-1-4-8-11)14(16)12-9-5-2-6-10-12;8-6-7-4-2-1-3-5-7;9-8(10)6-7-4-2-1-3-5-7;8-6-7-4-2-1-3-5-7;;;;2-1-3/h3-10,15-16H,1-2H3,(H,21,22)(H,23,24);2*1-10,13-14,16H,15H2;1-5H,6H2;1-5H,6H2;1-6H;1H4;;1H;(H,2,3)/p-1/t15-,16-;2*13-,14-;;;;;;;/m011......./s1. The zero-order valence-electron chi connectivity index (χ0n) is 49.3. The molecule has 22 heteroatoms. The van der Waals surface area contributed by atoms with E-state index >= 15 is 0 Å². The number of benzene rings is 9. The quantitative estimate of drug-likeness (QED) is 0.00939. The minimum Gasteiger partial charge on any atom is -1.00 e. The van der Waals surface area contributed by atoms with Gasteiger partial charge in [0.05, 0.1) is 23.3 Å². The predicted molar refractivity (Wildman–Crippen MR) is 348 cm³/mol. The molecule has 0 fully saturated rings. The van der Waals surface area contributed by atoms with Crippen LogP contribution in [-0.4, -0.2) is 67.7 Å². The van der Waals surface area contributed by atoms with Crippen LogP contribution in [0, 0.1) is 34.1 Å². The van der Waals surface area contributed by atoms with Crippen molar-refractivity contribution in [1.82, 2.24) is 0 Å². The van der Waals surface area contributed by atoms with E-state index < -0.39 is 48.3 Å². The number of aryl methyl sites for hydroxylation is 2. The van der Waals surface area contributed by atoms with E-state index in [1.54, 1.807) is 74.5 Å². The molecule has 9 rings (SSSR count). The van der Waals surface area contributed by atoms with Gasteiger partial charge in [-0.25, -0.2) is 19.2 Å². The van der Waals surface area contributed by atoms with Crippen LogP contribution in [-0.2, 0) is 53.3 Å². The molecule has 92 heavy (non-hydrogen) atoms. The molecule has 9 N–H and O–H groups in total. The number of ether oxygens (including phenoxy) is 2. The fourth-order valence-electron chi connectivity index (χ4n) is 7.54. The average Bonchev–Trinajstić information content (AvgIpc) is 1.81. The van der Waals surface area contributed by atoms with Crippen LogP contribution in [0.4, 0.5) is 0 Å². The molecule has 0 aliphatic rings. The van der Waals surface area contributed by atoms with Gasteiger partial charge in [0.15, 0.2) is 0 Å². The van der Waals surface area contributed by atoms with Crippen molar-refractivity contribution < 1.29 is 99.3 Å². The second-order valence-corrected chi connectivity index (χ2v) is 19.5. The molecule has 0 bridgehead atoms. The van der Waals surface area contributed by atoms with Gasteiger partial charge in [0, 0.05) is 49.3 Å². The number of aliphatic hydroxyl groups excluding tert-OH is 2. The Balaban J connectivity index is 0.00000112. The van der Waals surface area contributed by atoms with Crippen LogP contribution in [0.3, 0.4) is 0 Å². The summed E-state index contributed by atoms with van der Waals surface area (Å²) in [6.07, 6.45) is -4.83. The number of alkyl halides is 1. The molecule has 0 aromatic heterocycles. The Morgan fingerprint density at radius 1 is 0.543 bits per heavy atom. The van der Waals surface area contributed by atoms with Crippen LogP contribution >= 0.6 is 15.9 Å². The summed E-state index contributed by atoms with van der Waals surface area (Å²) in [4.78, 5) is 75.0. The molecule has 0 spiro atoms. The second-order valence-electron chi connectivity index (χ2n) is 18.9. The van der Waals surface area contributed by atoms with E-state index in [9.17, 15) is 54.5 Å². The topological polar surface area (TPSA) is 334 Å². The molecule has 489 valence electrons. The molecule has 0 heterocycles. The monoisotopic (exact) mass is 1430 g/mol. The van der Waals surface area contributed by atoms with Gasteiger partial charge in [-0.3, -0.25) is 14.9 Å². The zero-order valence-corrected chi connectivity index (χ0v) is 53.1. The van der Waals surface area contributed by atoms with E-state index in [-0.39, 0.29) is 76.9 Å². The number of rotatable bonds is 17. The number of carbonyl (C=O) groups is 5. The number of nitro groups is 1. The molecule has 9 aromatic carbocycles. The summed E-state index contributed by atoms with van der Waals surface area (Å²) in [5.41, 5.74) is 18.4. The molecule has 6 atom stereocenters. The number of carboxylic acid groups (broad SMARTS) is 2. The van der Waals surface area contributed by atoms with Crippen molar-refractivity contribution in [3.8, 4) is 0 Å². The first-order valence-corrected chi connectivity index (χ1v) is 28.3. The minimum atomic E-state index is -2.22. The first kappa shape index (κ1) is 82.7. The molecule has 9 aromatic rings. The zero-order chi connectivity index (χ0) is 65.3. The summed E-state index contributed by atoms with van der Waals surface area (Å²) in [6, 6.07) is 78.5. The molecule has 0 aliphatic carbocycles. The minimum absolute atomic E-state index is 0. The molecular weight excluding hydrogens is 1360 g/mol. The van der Waals surface area contributed by atoms with E-state index in [2.05, 4.69) is 33.8 Å². The third-order valence-corrected chi connectivity index (χ3v) is 13.0. The summed E-state index contributed by atoms with van der Waals surface area (Å²) in [6.45, 7) is 3.50. The van der Waals surface area contributed by atoms with E-state index in [1.807, 2.05) is 164 Å².